The molecule has 32 heavy (non-hydrogen) atoms. The normalized spacial score (nSPS) is 26.1. The molecular weight excluding hydrogens is 404 g/mol. The predicted octanol–water partition coefficient (Wildman–Crippen LogP) is 6.59. The van der Waals surface area contributed by atoms with E-state index < -0.39 is 0 Å². The zero-order valence-electron chi connectivity index (χ0n) is 20.6. The van der Waals surface area contributed by atoms with E-state index in [0.717, 1.165) is 44.4 Å². The average Bonchev–Trinajstić information content (AvgIpc) is 2.73. The molecular formula is C27H56O5. The van der Waals surface area contributed by atoms with Crippen molar-refractivity contribution < 1.29 is 25.2 Å². The van der Waals surface area contributed by atoms with Gasteiger partial charge in [0.1, 0.15) is 6.10 Å². The summed E-state index contributed by atoms with van der Waals surface area (Å²) in [6.45, 7) is 6.74. The van der Waals surface area contributed by atoms with Crippen LogP contribution in [0.5, 0.6) is 0 Å². The third-order valence-corrected chi connectivity index (χ3v) is 7.19. The van der Waals surface area contributed by atoms with Crippen molar-refractivity contribution in [2.75, 3.05) is 0 Å². The smallest absolute Gasteiger partial charge is 0.309 e. The number of ether oxygens (including phenoxy) is 2. The van der Waals surface area contributed by atoms with E-state index >= 15 is 0 Å². The second kappa shape index (κ2) is 19.8. The van der Waals surface area contributed by atoms with Gasteiger partial charge in [0.25, 0.3) is 0 Å². The Kier molecular flexibility index (Phi) is 20.7. The van der Waals surface area contributed by atoms with Crippen LogP contribution >= 0.6 is 0 Å². The van der Waals surface area contributed by atoms with Gasteiger partial charge in [-0.15, -0.1) is 0 Å². The summed E-state index contributed by atoms with van der Waals surface area (Å²) in [5.41, 5.74) is 0. The molecule has 0 aliphatic heterocycles. The Morgan fingerprint density at radius 1 is 0.781 bits per heavy atom. The van der Waals surface area contributed by atoms with Gasteiger partial charge in [-0.25, -0.2) is 0 Å². The highest BCUT2D eigenvalue weighted by Crippen LogP contribution is 2.33. The van der Waals surface area contributed by atoms with Crippen LogP contribution in [0.3, 0.4) is 0 Å². The van der Waals surface area contributed by atoms with E-state index in [4.69, 9.17) is 9.47 Å². The van der Waals surface area contributed by atoms with E-state index in [1.807, 2.05) is 0 Å². The Morgan fingerprint density at radius 2 is 1.34 bits per heavy atom. The van der Waals surface area contributed by atoms with Gasteiger partial charge in [-0.3, -0.25) is 4.79 Å². The third-order valence-electron chi connectivity index (χ3n) is 7.19. The molecule has 194 valence electrons. The molecule has 0 aromatic carbocycles. The molecule has 1 atom stereocenters. The first-order chi connectivity index (χ1) is 14.1. The first kappa shape index (κ1) is 33.5. The first-order valence-electron chi connectivity index (χ1n) is 13.0. The molecule has 5 nitrogen and oxygen atoms in total. The maximum Gasteiger partial charge on any atom is 0.309 e. The van der Waals surface area contributed by atoms with Gasteiger partial charge in [0.15, 0.2) is 0 Å². The van der Waals surface area contributed by atoms with Gasteiger partial charge < -0.3 is 20.4 Å². The van der Waals surface area contributed by atoms with Crippen LogP contribution in [0.4, 0.5) is 0 Å². The second-order valence-corrected chi connectivity index (χ2v) is 9.85. The molecule has 2 aliphatic rings. The molecule has 0 spiro atoms. The first-order valence-corrected chi connectivity index (χ1v) is 13.0. The summed E-state index contributed by atoms with van der Waals surface area (Å²) < 4.78 is 12.2. The van der Waals surface area contributed by atoms with Crippen LogP contribution in [0.15, 0.2) is 0 Å². The standard InChI is InChI=1S/C26H48O3.CH4.2H2O/c1-4-6-8-10-11-21(3)28-24-19-15-23(16-20-24)26(27)29-25-17-13-22(14-18-25)12-9-7-5-2;;;/h21-25H,4-20H2,1-3H3;1H4;2*1H2. The van der Waals surface area contributed by atoms with Gasteiger partial charge in [0, 0.05) is 0 Å². The maximum absolute atomic E-state index is 12.6. The van der Waals surface area contributed by atoms with Crippen LogP contribution in [-0.4, -0.2) is 35.2 Å². The maximum atomic E-state index is 12.6. The van der Waals surface area contributed by atoms with Crippen molar-refractivity contribution in [2.45, 2.75) is 156 Å². The van der Waals surface area contributed by atoms with E-state index in [9.17, 15) is 4.79 Å². The molecule has 0 saturated heterocycles. The van der Waals surface area contributed by atoms with Gasteiger partial charge in [-0.2, -0.15) is 0 Å². The fourth-order valence-corrected chi connectivity index (χ4v) is 5.17. The molecule has 0 heterocycles. The highest BCUT2D eigenvalue weighted by atomic mass is 16.5. The van der Waals surface area contributed by atoms with E-state index in [2.05, 4.69) is 20.8 Å². The number of carbonyl (C=O) groups is 1. The van der Waals surface area contributed by atoms with E-state index in [1.54, 1.807) is 0 Å². The lowest BCUT2D eigenvalue weighted by Gasteiger charge is -2.32. The number of esters is 1. The van der Waals surface area contributed by atoms with E-state index in [0.29, 0.717) is 12.2 Å². The summed E-state index contributed by atoms with van der Waals surface area (Å²) in [7, 11) is 0. The lowest BCUT2D eigenvalue weighted by Crippen LogP contribution is -2.32. The molecule has 0 radical (unpaired) electrons. The van der Waals surface area contributed by atoms with Gasteiger partial charge in [-0.05, 0) is 70.6 Å². The fourth-order valence-electron chi connectivity index (χ4n) is 5.17. The minimum absolute atomic E-state index is 0. The van der Waals surface area contributed by atoms with Gasteiger partial charge in [0.2, 0.25) is 0 Å². The van der Waals surface area contributed by atoms with Crippen molar-refractivity contribution in [3.05, 3.63) is 0 Å². The topological polar surface area (TPSA) is 98.5 Å². The Labute approximate surface area is 199 Å². The van der Waals surface area contributed by atoms with E-state index in [1.165, 1.54) is 70.6 Å². The second-order valence-electron chi connectivity index (χ2n) is 9.85. The summed E-state index contributed by atoms with van der Waals surface area (Å²) in [6.07, 6.45) is 21.3. The van der Waals surface area contributed by atoms with Gasteiger partial charge in [-0.1, -0.05) is 72.6 Å². The lowest BCUT2D eigenvalue weighted by atomic mass is 9.83. The Hall–Kier alpha value is -0.650. The summed E-state index contributed by atoms with van der Waals surface area (Å²) in [4.78, 5) is 12.6. The Morgan fingerprint density at radius 3 is 1.94 bits per heavy atom. The van der Waals surface area contributed by atoms with Crippen LogP contribution in [-0.2, 0) is 14.3 Å². The number of hydrogen-bond acceptors (Lipinski definition) is 3. The largest absolute Gasteiger partial charge is 0.462 e. The summed E-state index contributed by atoms with van der Waals surface area (Å²) in [6, 6.07) is 0. The number of rotatable bonds is 13. The van der Waals surface area contributed by atoms with Crippen LogP contribution in [0.1, 0.15) is 137 Å². The molecule has 0 aromatic rings. The lowest BCUT2D eigenvalue weighted by molar-refractivity contribution is -0.158. The molecule has 2 saturated carbocycles. The third kappa shape index (κ3) is 13.2. The SMILES string of the molecule is C.CCCCCCC(C)OC1CCC(C(=O)OC2CCC(CCCCC)CC2)CC1.O.O. The molecule has 2 aliphatic carbocycles. The summed E-state index contributed by atoms with van der Waals surface area (Å²) >= 11 is 0. The Balaban J connectivity index is 0. The molecule has 2 fully saturated rings. The molecule has 1 unspecified atom stereocenters. The number of carbonyl (C=O) groups excluding carboxylic acids is 1. The number of unbranched alkanes of at least 4 members (excludes halogenated alkanes) is 5. The zero-order valence-corrected chi connectivity index (χ0v) is 20.6. The quantitative estimate of drug-likeness (QED) is 0.229. The van der Waals surface area contributed by atoms with Crippen molar-refractivity contribution in [3.8, 4) is 0 Å². The molecule has 0 aromatic heterocycles. The fraction of sp³-hybridized carbons (Fsp3) is 0.963. The highest BCUT2D eigenvalue weighted by Gasteiger charge is 2.31. The van der Waals surface area contributed by atoms with Crippen molar-refractivity contribution in [3.63, 3.8) is 0 Å². The van der Waals surface area contributed by atoms with Crippen molar-refractivity contribution in [2.24, 2.45) is 11.8 Å². The van der Waals surface area contributed by atoms with E-state index in [-0.39, 0.29) is 36.4 Å². The molecule has 2 rings (SSSR count). The average molecular weight is 461 g/mol. The predicted molar refractivity (Wildman–Crippen MR) is 135 cm³/mol. The van der Waals surface area contributed by atoms with Gasteiger partial charge in [0.05, 0.1) is 18.1 Å². The van der Waals surface area contributed by atoms with Crippen LogP contribution in [0.25, 0.3) is 0 Å². The molecule has 0 amide bonds. The minimum Gasteiger partial charge on any atom is -0.462 e. The Bertz CT molecular complexity index is 426. The van der Waals surface area contributed by atoms with Crippen molar-refractivity contribution >= 4 is 5.97 Å². The monoisotopic (exact) mass is 460 g/mol. The molecule has 4 N–H and O–H groups in total. The summed E-state index contributed by atoms with van der Waals surface area (Å²) in [5, 5.41) is 0. The zero-order chi connectivity index (χ0) is 20.9. The minimum atomic E-state index is 0. The van der Waals surface area contributed by atoms with Gasteiger partial charge >= 0.3 is 5.97 Å². The molecule has 5 heteroatoms. The van der Waals surface area contributed by atoms with Crippen LogP contribution < -0.4 is 0 Å². The highest BCUT2D eigenvalue weighted by molar-refractivity contribution is 5.72. The number of hydrogen-bond donors (Lipinski definition) is 0. The van der Waals surface area contributed by atoms with Crippen LogP contribution in [0.2, 0.25) is 0 Å². The molecule has 0 bridgehead atoms. The van der Waals surface area contributed by atoms with Crippen molar-refractivity contribution in [1.82, 2.24) is 0 Å². The van der Waals surface area contributed by atoms with Crippen LogP contribution in [0, 0.1) is 11.8 Å². The van der Waals surface area contributed by atoms with Crippen molar-refractivity contribution in [1.29, 1.82) is 0 Å². The summed E-state index contributed by atoms with van der Waals surface area (Å²) in [5.74, 6) is 1.05.